The third-order valence-corrected chi connectivity index (χ3v) is 2.70. The molecule has 0 spiro atoms. The molecule has 0 bridgehead atoms. The number of esters is 1. The molecule has 1 rings (SSSR count). The highest BCUT2D eigenvalue weighted by molar-refractivity contribution is 5.69. The number of methoxy groups -OCH3 is 2. The minimum absolute atomic E-state index is 0.105. The molecule has 1 heterocycles. The lowest BCUT2D eigenvalue weighted by atomic mass is 10.3. The zero-order valence-electron chi connectivity index (χ0n) is 11.7. The first-order chi connectivity index (χ1) is 9.49. The molecule has 110 valence electrons. The predicted molar refractivity (Wildman–Crippen MR) is 72.0 cm³/mol. The maximum absolute atomic E-state index is 11.0. The molecule has 0 saturated heterocycles. The molecule has 1 aromatic heterocycles. The van der Waals surface area contributed by atoms with Gasteiger partial charge in [-0.25, -0.2) is 0 Å². The van der Waals surface area contributed by atoms with Crippen molar-refractivity contribution in [2.24, 2.45) is 0 Å². The number of rotatable bonds is 7. The number of ether oxygens (including phenoxy) is 2. The van der Waals surface area contributed by atoms with Crippen LogP contribution in [-0.4, -0.2) is 43.7 Å². The van der Waals surface area contributed by atoms with Gasteiger partial charge >= 0.3 is 11.7 Å². The van der Waals surface area contributed by atoms with Crippen molar-refractivity contribution < 1.29 is 19.2 Å². The van der Waals surface area contributed by atoms with E-state index < -0.39 is 4.92 Å². The smallest absolute Gasteiger partial charge is 0.311 e. The highest BCUT2D eigenvalue weighted by Gasteiger charge is 2.20. The summed E-state index contributed by atoms with van der Waals surface area (Å²) < 4.78 is 9.50. The van der Waals surface area contributed by atoms with Crippen molar-refractivity contribution in [1.29, 1.82) is 0 Å². The molecule has 0 saturated carbocycles. The van der Waals surface area contributed by atoms with E-state index in [2.05, 4.69) is 9.72 Å². The monoisotopic (exact) mass is 283 g/mol. The molecule has 0 aliphatic heterocycles. The van der Waals surface area contributed by atoms with Crippen LogP contribution in [-0.2, 0) is 9.53 Å². The number of anilines is 1. The van der Waals surface area contributed by atoms with E-state index in [0.717, 1.165) is 0 Å². The standard InChI is InChI=1S/C12H17N3O5/c1-14(8-4-5-11(16)20-3)12-9(15(17)18)6-7-10(13-12)19-2/h6-7H,4-5,8H2,1-3H3. The highest BCUT2D eigenvalue weighted by atomic mass is 16.6. The van der Waals surface area contributed by atoms with Crippen molar-refractivity contribution >= 4 is 17.5 Å². The van der Waals surface area contributed by atoms with Gasteiger partial charge in [0, 0.05) is 32.1 Å². The van der Waals surface area contributed by atoms with Gasteiger partial charge in [-0.2, -0.15) is 4.98 Å². The van der Waals surface area contributed by atoms with E-state index in [-0.39, 0.29) is 23.9 Å². The van der Waals surface area contributed by atoms with Gasteiger partial charge < -0.3 is 14.4 Å². The van der Waals surface area contributed by atoms with E-state index >= 15 is 0 Å². The first-order valence-electron chi connectivity index (χ1n) is 5.97. The number of aromatic nitrogens is 1. The minimum Gasteiger partial charge on any atom is -0.481 e. The van der Waals surface area contributed by atoms with E-state index in [0.29, 0.717) is 18.8 Å². The van der Waals surface area contributed by atoms with Gasteiger partial charge in [0.1, 0.15) is 0 Å². The molecule has 0 aliphatic rings. The molecule has 8 heteroatoms. The van der Waals surface area contributed by atoms with Gasteiger partial charge in [-0.15, -0.1) is 0 Å². The predicted octanol–water partition coefficient (Wildman–Crippen LogP) is 1.39. The summed E-state index contributed by atoms with van der Waals surface area (Å²) in [4.78, 5) is 27.2. The van der Waals surface area contributed by atoms with Crippen LogP contribution < -0.4 is 9.64 Å². The van der Waals surface area contributed by atoms with Crippen LogP contribution in [0.25, 0.3) is 0 Å². The van der Waals surface area contributed by atoms with Gasteiger partial charge in [0.15, 0.2) is 0 Å². The van der Waals surface area contributed by atoms with Gasteiger partial charge in [-0.05, 0) is 6.42 Å². The third-order valence-electron chi connectivity index (χ3n) is 2.70. The van der Waals surface area contributed by atoms with Crippen LogP contribution in [0.15, 0.2) is 12.1 Å². The molecule has 1 aromatic rings. The number of hydrogen-bond donors (Lipinski definition) is 0. The van der Waals surface area contributed by atoms with E-state index in [1.165, 1.54) is 26.4 Å². The lowest BCUT2D eigenvalue weighted by Gasteiger charge is -2.18. The third kappa shape index (κ3) is 4.08. The Morgan fingerprint density at radius 2 is 2.15 bits per heavy atom. The Kier molecular flexibility index (Phi) is 5.70. The summed E-state index contributed by atoms with van der Waals surface area (Å²) in [6.07, 6.45) is 0.762. The minimum atomic E-state index is -0.501. The molecule has 0 amide bonds. The number of carbonyl (C=O) groups excluding carboxylic acids is 1. The maximum atomic E-state index is 11.0. The Morgan fingerprint density at radius 3 is 2.70 bits per heavy atom. The largest absolute Gasteiger partial charge is 0.481 e. The van der Waals surface area contributed by atoms with Gasteiger partial charge in [-0.1, -0.05) is 0 Å². The topological polar surface area (TPSA) is 94.8 Å². The molecule has 0 radical (unpaired) electrons. The summed E-state index contributed by atoms with van der Waals surface area (Å²) in [5, 5.41) is 11.0. The zero-order valence-corrected chi connectivity index (χ0v) is 11.7. The van der Waals surface area contributed by atoms with Gasteiger partial charge in [0.05, 0.1) is 19.1 Å². The average Bonchev–Trinajstić information content (AvgIpc) is 2.45. The van der Waals surface area contributed by atoms with Crippen LogP contribution in [0.2, 0.25) is 0 Å². The normalized spacial score (nSPS) is 9.95. The van der Waals surface area contributed by atoms with Crippen LogP contribution >= 0.6 is 0 Å². The molecule has 0 aliphatic carbocycles. The van der Waals surface area contributed by atoms with Crippen LogP contribution in [0, 0.1) is 10.1 Å². The lowest BCUT2D eigenvalue weighted by molar-refractivity contribution is -0.384. The first kappa shape index (κ1) is 15.7. The lowest BCUT2D eigenvalue weighted by Crippen LogP contribution is -2.22. The Balaban J connectivity index is 2.81. The Labute approximate surface area is 116 Å². The van der Waals surface area contributed by atoms with Crippen molar-refractivity contribution in [3.8, 4) is 5.88 Å². The van der Waals surface area contributed by atoms with Gasteiger partial charge in [0.2, 0.25) is 11.7 Å². The Hall–Kier alpha value is -2.38. The van der Waals surface area contributed by atoms with Crippen molar-refractivity contribution in [2.45, 2.75) is 12.8 Å². The Bertz CT molecular complexity index is 492. The summed E-state index contributed by atoms with van der Waals surface area (Å²) in [7, 11) is 4.43. The first-order valence-corrected chi connectivity index (χ1v) is 5.97. The molecule has 0 unspecified atom stereocenters. The summed E-state index contributed by atoms with van der Waals surface area (Å²) in [6, 6.07) is 2.78. The number of nitrogens with zero attached hydrogens (tertiary/aromatic N) is 3. The second kappa shape index (κ2) is 7.27. The van der Waals surface area contributed by atoms with Crippen LogP contribution in [0.3, 0.4) is 0 Å². The molecule has 20 heavy (non-hydrogen) atoms. The number of pyridine rings is 1. The fourth-order valence-electron chi connectivity index (χ4n) is 1.63. The fourth-order valence-corrected chi connectivity index (χ4v) is 1.63. The number of carbonyl (C=O) groups is 1. The molecular formula is C12H17N3O5. The summed E-state index contributed by atoms with van der Waals surface area (Å²) in [5.41, 5.74) is -0.105. The maximum Gasteiger partial charge on any atom is 0.311 e. The summed E-state index contributed by atoms with van der Waals surface area (Å²) >= 11 is 0. The molecule has 0 N–H and O–H groups in total. The SMILES string of the molecule is COC(=O)CCCN(C)c1nc(OC)ccc1[N+](=O)[O-]. The fraction of sp³-hybridized carbons (Fsp3) is 0.500. The van der Waals surface area contributed by atoms with Crippen LogP contribution in [0.4, 0.5) is 11.5 Å². The zero-order chi connectivity index (χ0) is 15.1. The van der Waals surface area contributed by atoms with Gasteiger partial charge in [-0.3, -0.25) is 14.9 Å². The second-order valence-electron chi connectivity index (χ2n) is 4.05. The van der Waals surface area contributed by atoms with Crippen LogP contribution in [0.5, 0.6) is 5.88 Å². The number of hydrogen-bond acceptors (Lipinski definition) is 7. The van der Waals surface area contributed by atoms with E-state index in [4.69, 9.17) is 4.74 Å². The van der Waals surface area contributed by atoms with Crippen molar-refractivity contribution in [3.63, 3.8) is 0 Å². The molecule has 0 fully saturated rings. The van der Waals surface area contributed by atoms with E-state index in [1.54, 1.807) is 11.9 Å². The second-order valence-corrected chi connectivity index (χ2v) is 4.05. The van der Waals surface area contributed by atoms with Crippen molar-refractivity contribution in [2.75, 3.05) is 32.7 Å². The number of nitro groups is 1. The molecule has 0 aromatic carbocycles. The quantitative estimate of drug-likeness (QED) is 0.424. The average molecular weight is 283 g/mol. The molecule has 0 atom stereocenters. The van der Waals surface area contributed by atoms with Crippen molar-refractivity contribution in [1.82, 2.24) is 4.98 Å². The van der Waals surface area contributed by atoms with Crippen LogP contribution in [0.1, 0.15) is 12.8 Å². The summed E-state index contributed by atoms with van der Waals surface area (Å²) in [5.74, 6) is 0.191. The van der Waals surface area contributed by atoms with E-state index in [9.17, 15) is 14.9 Å². The van der Waals surface area contributed by atoms with Gasteiger partial charge in [0.25, 0.3) is 0 Å². The summed E-state index contributed by atoms with van der Waals surface area (Å²) in [6.45, 7) is 0.441. The molecular weight excluding hydrogens is 266 g/mol. The molecule has 8 nitrogen and oxygen atoms in total. The van der Waals surface area contributed by atoms with Crippen molar-refractivity contribution in [3.05, 3.63) is 22.2 Å². The highest BCUT2D eigenvalue weighted by Crippen LogP contribution is 2.27. The Morgan fingerprint density at radius 1 is 1.45 bits per heavy atom. The van der Waals surface area contributed by atoms with E-state index in [1.807, 2.05) is 0 Å².